The van der Waals surface area contributed by atoms with Gasteiger partial charge in [-0.2, -0.15) is 0 Å². The van der Waals surface area contributed by atoms with E-state index in [1.54, 1.807) is 12.1 Å². The highest BCUT2D eigenvalue weighted by Gasteiger charge is 2.18. The second kappa shape index (κ2) is 6.31. The molecule has 0 heterocycles. The van der Waals surface area contributed by atoms with Crippen molar-refractivity contribution in [1.29, 1.82) is 0 Å². The lowest BCUT2D eigenvalue weighted by Gasteiger charge is -2.30. The van der Waals surface area contributed by atoms with E-state index in [1.807, 2.05) is 24.3 Å². The molecule has 2 aromatic carbocycles. The van der Waals surface area contributed by atoms with Gasteiger partial charge in [-0.05, 0) is 37.6 Å². The van der Waals surface area contributed by atoms with E-state index in [-0.39, 0.29) is 6.04 Å². The molecule has 0 aliphatic heterocycles. The van der Waals surface area contributed by atoms with Crippen LogP contribution in [0.3, 0.4) is 0 Å². The van der Waals surface area contributed by atoms with Crippen LogP contribution >= 0.6 is 0 Å². The summed E-state index contributed by atoms with van der Waals surface area (Å²) in [5, 5.41) is 0. The fourth-order valence-electron chi connectivity index (χ4n) is 2.32. The Labute approximate surface area is 125 Å². The van der Waals surface area contributed by atoms with Gasteiger partial charge < -0.3 is 16.4 Å². The molecule has 4 heteroatoms. The van der Waals surface area contributed by atoms with Crippen LogP contribution in [0.15, 0.2) is 48.5 Å². The minimum Gasteiger partial charge on any atom is -0.399 e. The third-order valence-corrected chi connectivity index (χ3v) is 3.42. The number of rotatable bonds is 5. The molecule has 110 valence electrons. The Morgan fingerprint density at radius 2 is 1.81 bits per heavy atom. The molecule has 21 heavy (non-hydrogen) atoms. The molecule has 0 spiro atoms. The van der Waals surface area contributed by atoms with Crippen molar-refractivity contribution in [3.63, 3.8) is 0 Å². The highest BCUT2D eigenvalue weighted by atomic mass is 16.1. The van der Waals surface area contributed by atoms with Gasteiger partial charge in [0.25, 0.3) is 5.91 Å². The maximum absolute atomic E-state index is 11.7. The Balaban J connectivity index is 2.43. The summed E-state index contributed by atoms with van der Waals surface area (Å²) in [4.78, 5) is 13.8. The van der Waals surface area contributed by atoms with Crippen molar-refractivity contribution in [2.75, 3.05) is 10.6 Å². The van der Waals surface area contributed by atoms with Crippen molar-refractivity contribution >= 4 is 17.3 Å². The zero-order valence-corrected chi connectivity index (χ0v) is 12.4. The van der Waals surface area contributed by atoms with Crippen molar-refractivity contribution in [2.45, 2.75) is 26.4 Å². The van der Waals surface area contributed by atoms with Gasteiger partial charge in [-0.15, -0.1) is 0 Å². The third-order valence-electron chi connectivity index (χ3n) is 3.42. The molecule has 0 atom stereocenters. The summed E-state index contributed by atoms with van der Waals surface area (Å²) in [5.74, 6) is -0.441. The highest BCUT2D eigenvalue weighted by Crippen LogP contribution is 2.27. The number of hydrogen-bond donors (Lipinski definition) is 2. The van der Waals surface area contributed by atoms with Gasteiger partial charge in [-0.1, -0.05) is 30.3 Å². The molecule has 0 saturated carbocycles. The van der Waals surface area contributed by atoms with Gasteiger partial charge in [0, 0.05) is 18.3 Å². The van der Waals surface area contributed by atoms with Gasteiger partial charge in [0.2, 0.25) is 0 Å². The predicted octanol–water partition coefficient (Wildman–Crippen LogP) is 2.78. The van der Waals surface area contributed by atoms with Crippen molar-refractivity contribution in [1.82, 2.24) is 0 Å². The van der Waals surface area contributed by atoms with Crippen molar-refractivity contribution in [3.05, 3.63) is 59.7 Å². The van der Waals surface area contributed by atoms with Crippen LogP contribution in [0.25, 0.3) is 0 Å². The number of amides is 1. The van der Waals surface area contributed by atoms with Crippen LogP contribution in [0, 0.1) is 0 Å². The molecular formula is C17H21N3O. The fraction of sp³-hybridized carbons (Fsp3) is 0.235. The second-order valence-electron chi connectivity index (χ2n) is 5.35. The van der Waals surface area contributed by atoms with Crippen LogP contribution in [0.1, 0.15) is 29.8 Å². The molecule has 0 bridgehead atoms. The smallest absolute Gasteiger partial charge is 0.250 e. The standard InChI is InChI=1S/C17H21N3O/c1-12(2)20(11-13-6-4-3-5-7-13)16-10-14(18)8-9-15(16)17(19)21/h3-10,12H,11,18H2,1-2H3,(H2,19,21). The Morgan fingerprint density at radius 3 is 2.38 bits per heavy atom. The van der Waals surface area contributed by atoms with Crippen molar-refractivity contribution in [3.8, 4) is 0 Å². The average Bonchev–Trinajstić information content (AvgIpc) is 2.45. The van der Waals surface area contributed by atoms with E-state index in [1.165, 1.54) is 5.56 Å². The number of nitrogens with zero attached hydrogens (tertiary/aromatic N) is 1. The first-order valence-electron chi connectivity index (χ1n) is 6.99. The van der Waals surface area contributed by atoms with E-state index in [2.05, 4.69) is 30.9 Å². The third kappa shape index (κ3) is 3.54. The van der Waals surface area contributed by atoms with Crippen molar-refractivity contribution < 1.29 is 4.79 Å². The SMILES string of the molecule is CC(C)N(Cc1ccccc1)c1cc(N)ccc1C(N)=O. The summed E-state index contributed by atoms with van der Waals surface area (Å²) in [6.07, 6.45) is 0. The predicted molar refractivity (Wildman–Crippen MR) is 87.1 cm³/mol. The summed E-state index contributed by atoms with van der Waals surface area (Å²) in [7, 11) is 0. The lowest BCUT2D eigenvalue weighted by atomic mass is 10.1. The summed E-state index contributed by atoms with van der Waals surface area (Å²) in [6, 6.07) is 15.5. The van der Waals surface area contributed by atoms with E-state index >= 15 is 0 Å². The molecule has 2 rings (SSSR count). The number of benzene rings is 2. The molecule has 0 aliphatic carbocycles. The summed E-state index contributed by atoms with van der Waals surface area (Å²) < 4.78 is 0. The first kappa shape index (κ1) is 14.9. The first-order chi connectivity index (χ1) is 9.99. The Kier molecular flexibility index (Phi) is 4.48. The maximum Gasteiger partial charge on any atom is 0.250 e. The average molecular weight is 283 g/mol. The van der Waals surface area contributed by atoms with Gasteiger partial charge in [-0.3, -0.25) is 4.79 Å². The number of anilines is 2. The molecule has 4 N–H and O–H groups in total. The van der Waals surface area contributed by atoms with Crippen LogP contribution in [0.2, 0.25) is 0 Å². The number of carbonyl (C=O) groups is 1. The summed E-state index contributed by atoms with van der Waals surface area (Å²) in [6.45, 7) is 4.86. The van der Waals surface area contributed by atoms with Gasteiger partial charge >= 0.3 is 0 Å². The van der Waals surface area contributed by atoms with E-state index in [4.69, 9.17) is 11.5 Å². The quantitative estimate of drug-likeness (QED) is 0.829. The molecule has 1 amide bonds. The zero-order chi connectivity index (χ0) is 15.4. The molecule has 0 fully saturated rings. The molecule has 0 aliphatic rings. The number of carbonyl (C=O) groups excluding carboxylic acids is 1. The first-order valence-corrected chi connectivity index (χ1v) is 6.99. The van der Waals surface area contributed by atoms with Gasteiger partial charge in [0.1, 0.15) is 0 Å². The lowest BCUT2D eigenvalue weighted by Crippen LogP contribution is -2.32. The topological polar surface area (TPSA) is 72.3 Å². The Hall–Kier alpha value is -2.49. The normalized spacial score (nSPS) is 10.6. The molecule has 2 aromatic rings. The molecule has 4 nitrogen and oxygen atoms in total. The van der Waals surface area contributed by atoms with Crippen LogP contribution < -0.4 is 16.4 Å². The molecule has 0 unspecified atom stereocenters. The van der Waals surface area contributed by atoms with Crippen LogP contribution in [0.5, 0.6) is 0 Å². The minimum absolute atomic E-state index is 0.213. The zero-order valence-electron chi connectivity index (χ0n) is 12.4. The van der Waals surface area contributed by atoms with E-state index in [9.17, 15) is 4.79 Å². The fourth-order valence-corrected chi connectivity index (χ4v) is 2.32. The molecule has 0 saturated heterocycles. The molecule has 0 radical (unpaired) electrons. The summed E-state index contributed by atoms with van der Waals surface area (Å²) in [5.41, 5.74) is 14.4. The van der Waals surface area contributed by atoms with Crippen LogP contribution in [-0.2, 0) is 6.54 Å². The highest BCUT2D eigenvalue weighted by molar-refractivity contribution is 5.99. The second-order valence-corrected chi connectivity index (χ2v) is 5.35. The van der Waals surface area contributed by atoms with E-state index in [0.29, 0.717) is 17.8 Å². The van der Waals surface area contributed by atoms with Crippen LogP contribution in [0.4, 0.5) is 11.4 Å². The number of hydrogen-bond acceptors (Lipinski definition) is 3. The van der Waals surface area contributed by atoms with Gasteiger partial charge in [0.05, 0.1) is 11.3 Å². The number of primary amides is 1. The maximum atomic E-state index is 11.7. The Morgan fingerprint density at radius 1 is 1.14 bits per heavy atom. The number of nitrogens with two attached hydrogens (primary N) is 2. The minimum atomic E-state index is -0.441. The van der Waals surface area contributed by atoms with E-state index in [0.717, 1.165) is 5.69 Å². The monoisotopic (exact) mass is 283 g/mol. The van der Waals surface area contributed by atoms with E-state index < -0.39 is 5.91 Å². The molecule has 0 aromatic heterocycles. The number of nitrogen functional groups attached to an aromatic ring is 1. The lowest BCUT2D eigenvalue weighted by molar-refractivity contribution is 0.100. The van der Waals surface area contributed by atoms with Crippen LogP contribution in [-0.4, -0.2) is 11.9 Å². The van der Waals surface area contributed by atoms with Gasteiger partial charge in [0.15, 0.2) is 0 Å². The molecular weight excluding hydrogens is 262 g/mol. The summed E-state index contributed by atoms with van der Waals surface area (Å²) >= 11 is 0. The van der Waals surface area contributed by atoms with Crippen molar-refractivity contribution in [2.24, 2.45) is 5.73 Å². The van der Waals surface area contributed by atoms with Gasteiger partial charge in [-0.25, -0.2) is 0 Å². The Bertz CT molecular complexity index is 623. The largest absolute Gasteiger partial charge is 0.399 e.